The van der Waals surface area contributed by atoms with Crippen LogP contribution < -0.4 is 4.74 Å². The average molecular weight is 510 g/mol. The van der Waals surface area contributed by atoms with Crippen molar-refractivity contribution in [3.63, 3.8) is 0 Å². The fourth-order valence-electron chi connectivity index (χ4n) is 3.38. The van der Waals surface area contributed by atoms with Gasteiger partial charge in [-0.2, -0.15) is 26.3 Å². The van der Waals surface area contributed by atoms with Crippen molar-refractivity contribution in [2.75, 3.05) is 0 Å². The highest BCUT2D eigenvalue weighted by Crippen LogP contribution is 2.30. The zero-order chi connectivity index (χ0) is 26.5. The first-order chi connectivity index (χ1) is 17.6. The van der Waals surface area contributed by atoms with Crippen molar-refractivity contribution in [3.05, 3.63) is 130 Å². The van der Waals surface area contributed by atoms with Gasteiger partial charge in [-0.15, -0.1) is 0 Å². The molecule has 0 heterocycles. The van der Waals surface area contributed by atoms with Gasteiger partial charge < -0.3 is 4.74 Å². The molecule has 1 nitrogen and oxygen atoms in total. The van der Waals surface area contributed by atoms with Crippen molar-refractivity contribution < 1.29 is 31.1 Å². The van der Waals surface area contributed by atoms with Crippen LogP contribution in [0.1, 0.15) is 33.4 Å². The summed E-state index contributed by atoms with van der Waals surface area (Å²) in [5.74, 6) is 1.22. The minimum Gasteiger partial charge on any atom is -0.457 e. The summed E-state index contributed by atoms with van der Waals surface area (Å²) in [5, 5.41) is 0. The SMILES string of the molecule is FC(F)(F)c1ccc(/C=C/c2ccc(Oc3ccc(/C=C/c4ccc(C(F)(F)F)cc4)cc3)cc2)cc1. The van der Waals surface area contributed by atoms with Crippen LogP contribution in [0.25, 0.3) is 24.3 Å². The molecule has 0 atom stereocenters. The molecule has 4 rings (SSSR count). The van der Waals surface area contributed by atoms with E-state index in [2.05, 4.69) is 0 Å². The van der Waals surface area contributed by atoms with Gasteiger partial charge in [-0.1, -0.05) is 72.8 Å². The normalized spacial score (nSPS) is 12.4. The number of hydrogen-bond acceptors (Lipinski definition) is 1. The second kappa shape index (κ2) is 10.8. The minimum absolute atomic E-state index is 0.611. The zero-order valence-corrected chi connectivity index (χ0v) is 19.2. The Labute approximate surface area is 210 Å². The van der Waals surface area contributed by atoms with Gasteiger partial charge in [0.25, 0.3) is 0 Å². The van der Waals surface area contributed by atoms with E-state index in [1.165, 1.54) is 24.3 Å². The summed E-state index contributed by atoms with van der Waals surface area (Å²) in [6.07, 6.45) is -1.66. The molecule has 0 aliphatic rings. The maximum atomic E-state index is 12.7. The van der Waals surface area contributed by atoms with Gasteiger partial charge in [0.1, 0.15) is 11.5 Å². The van der Waals surface area contributed by atoms with Crippen LogP contribution in [-0.4, -0.2) is 0 Å². The van der Waals surface area contributed by atoms with Crippen molar-refractivity contribution in [3.8, 4) is 11.5 Å². The lowest BCUT2D eigenvalue weighted by Crippen LogP contribution is -2.03. The average Bonchev–Trinajstić information content (AvgIpc) is 2.87. The third kappa shape index (κ3) is 7.36. The first-order valence-corrected chi connectivity index (χ1v) is 11.1. The fraction of sp³-hybridized carbons (Fsp3) is 0.0667. The van der Waals surface area contributed by atoms with Gasteiger partial charge >= 0.3 is 12.4 Å². The summed E-state index contributed by atoms with van der Waals surface area (Å²) in [7, 11) is 0. The van der Waals surface area contributed by atoms with Gasteiger partial charge in [0, 0.05) is 0 Å². The molecule has 188 valence electrons. The highest BCUT2D eigenvalue weighted by molar-refractivity contribution is 5.71. The first kappa shape index (κ1) is 25.8. The second-order valence-electron chi connectivity index (χ2n) is 8.15. The molecule has 0 saturated carbocycles. The Kier molecular flexibility index (Phi) is 7.53. The van der Waals surface area contributed by atoms with Crippen molar-refractivity contribution in [1.29, 1.82) is 0 Å². The highest BCUT2D eigenvalue weighted by atomic mass is 19.4. The number of rotatable bonds is 6. The van der Waals surface area contributed by atoms with Crippen molar-refractivity contribution >= 4 is 24.3 Å². The van der Waals surface area contributed by atoms with Crippen molar-refractivity contribution in [2.45, 2.75) is 12.4 Å². The number of hydrogen-bond donors (Lipinski definition) is 0. The maximum absolute atomic E-state index is 12.7. The third-order valence-electron chi connectivity index (χ3n) is 5.41. The summed E-state index contributed by atoms with van der Waals surface area (Å²) in [6, 6.07) is 24.3. The Morgan fingerprint density at radius 2 is 0.622 bits per heavy atom. The van der Waals surface area contributed by atoms with Crippen LogP contribution in [0, 0.1) is 0 Å². The lowest BCUT2D eigenvalue weighted by molar-refractivity contribution is -0.138. The molecule has 0 aromatic heterocycles. The lowest BCUT2D eigenvalue weighted by Gasteiger charge is -2.07. The standard InChI is InChI=1S/C30H20F6O/c31-29(32,33)25-13-5-21(6-14-25)1-3-23-9-17-27(18-10-23)37-28-19-11-24(12-20-28)4-2-22-7-15-26(16-8-22)30(34,35)36/h1-20H/b3-1+,4-2+. The molecule has 0 unspecified atom stereocenters. The van der Waals surface area contributed by atoms with E-state index in [-0.39, 0.29) is 0 Å². The van der Waals surface area contributed by atoms with Crippen LogP contribution >= 0.6 is 0 Å². The number of alkyl halides is 6. The zero-order valence-electron chi connectivity index (χ0n) is 19.2. The van der Waals surface area contributed by atoms with Crippen LogP contribution in [-0.2, 0) is 12.4 Å². The fourth-order valence-corrected chi connectivity index (χ4v) is 3.38. The van der Waals surface area contributed by atoms with Crippen LogP contribution in [0.2, 0.25) is 0 Å². The highest BCUT2D eigenvalue weighted by Gasteiger charge is 2.30. The van der Waals surface area contributed by atoms with E-state index in [0.29, 0.717) is 22.6 Å². The lowest BCUT2D eigenvalue weighted by atomic mass is 10.1. The predicted octanol–water partition coefficient (Wildman–Crippen LogP) is 9.86. The van der Waals surface area contributed by atoms with Crippen molar-refractivity contribution in [2.24, 2.45) is 0 Å². The van der Waals surface area contributed by atoms with Gasteiger partial charge in [0.05, 0.1) is 11.1 Å². The van der Waals surface area contributed by atoms with Gasteiger partial charge in [-0.05, 0) is 70.8 Å². The van der Waals surface area contributed by atoms with Crippen LogP contribution in [0.3, 0.4) is 0 Å². The molecule has 0 fully saturated rings. The van der Waals surface area contributed by atoms with E-state index in [1.54, 1.807) is 48.6 Å². The quantitative estimate of drug-likeness (QED) is 0.185. The molecule has 37 heavy (non-hydrogen) atoms. The summed E-state index contributed by atoms with van der Waals surface area (Å²) in [4.78, 5) is 0. The van der Waals surface area contributed by atoms with Crippen LogP contribution in [0.4, 0.5) is 26.3 Å². The molecule has 0 aliphatic heterocycles. The summed E-state index contributed by atoms with van der Waals surface area (Å²) in [6.45, 7) is 0. The van der Waals surface area contributed by atoms with Crippen molar-refractivity contribution in [1.82, 2.24) is 0 Å². The molecule has 0 bridgehead atoms. The Morgan fingerprint density at radius 1 is 0.378 bits per heavy atom. The molecule has 0 amide bonds. The van der Waals surface area contributed by atoms with Gasteiger partial charge in [0.2, 0.25) is 0 Å². The summed E-state index contributed by atoms with van der Waals surface area (Å²) in [5.41, 5.74) is 1.65. The first-order valence-electron chi connectivity index (χ1n) is 11.1. The molecular formula is C30H20F6O. The third-order valence-corrected chi connectivity index (χ3v) is 5.41. The topological polar surface area (TPSA) is 9.23 Å². The molecule has 0 radical (unpaired) electrons. The molecule has 7 heteroatoms. The largest absolute Gasteiger partial charge is 0.457 e. The predicted molar refractivity (Wildman–Crippen MR) is 134 cm³/mol. The molecule has 0 saturated heterocycles. The molecular weight excluding hydrogens is 490 g/mol. The number of ether oxygens (including phenoxy) is 1. The van der Waals surface area contributed by atoms with Crippen LogP contribution in [0.15, 0.2) is 97.1 Å². The number of benzene rings is 4. The smallest absolute Gasteiger partial charge is 0.416 e. The minimum atomic E-state index is -4.36. The van der Waals surface area contributed by atoms with E-state index in [9.17, 15) is 26.3 Å². The van der Waals surface area contributed by atoms with E-state index in [4.69, 9.17) is 4.74 Å². The van der Waals surface area contributed by atoms with E-state index in [1.807, 2.05) is 24.3 Å². The van der Waals surface area contributed by atoms with Gasteiger partial charge in [-0.3, -0.25) is 0 Å². The Balaban J connectivity index is 1.33. The molecule has 0 aliphatic carbocycles. The van der Waals surface area contributed by atoms with Gasteiger partial charge in [0.15, 0.2) is 0 Å². The summed E-state index contributed by atoms with van der Waals surface area (Å²) >= 11 is 0. The molecule has 0 N–H and O–H groups in total. The Bertz CT molecular complexity index is 1250. The molecule has 4 aromatic rings. The summed E-state index contributed by atoms with van der Waals surface area (Å²) < 4.78 is 81.8. The van der Waals surface area contributed by atoms with Crippen LogP contribution in [0.5, 0.6) is 11.5 Å². The maximum Gasteiger partial charge on any atom is 0.416 e. The van der Waals surface area contributed by atoms with E-state index in [0.717, 1.165) is 35.4 Å². The second-order valence-corrected chi connectivity index (χ2v) is 8.15. The molecule has 4 aromatic carbocycles. The Morgan fingerprint density at radius 3 is 0.865 bits per heavy atom. The Hall–Kier alpha value is -4.26. The van der Waals surface area contributed by atoms with E-state index >= 15 is 0 Å². The van der Waals surface area contributed by atoms with E-state index < -0.39 is 23.5 Å². The monoisotopic (exact) mass is 510 g/mol. The number of halogens is 6. The van der Waals surface area contributed by atoms with Gasteiger partial charge in [-0.25, -0.2) is 0 Å². The molecule has 0 spiro atoms.